The van der Waals surface area contributed by atoms with Gasteiger partial charge in [0.25, 0.3) is 5.91 Å². The second kappa shape index (κ2) is 6.13. The van der Waals surface area contributed by atoms with Gasteiger partial charge in [0.2, 0.25) is 0 Å². The van der Waals surface area contributed by atoms with Gasteiger partial charge in [-0.25, -0.2) is 0 Å². The minimum Gasteiger partial charge on any atom is -0.494 e. The highest BCUT2D eigenvalue weighted by atomic mass is 16.5. The van der Waals surface area contributed by atoms with E-state index in [0.717, 1.165) is 42.6 Å². The van der Waals surface area contributed by atoms with Crippen LogP contribution in [0.2, 0.25) is 0 Å². The standard InChI is InChI=1S/C19H24N2O3/c1-3-23-15-6-7-17-16(10-15)18(12(2)24-17)19(22)21-9-8-13-4-5-14(11-21)20-13/h6-7,10,13-14,20H,3-5,8-9,11H2,1-2H3/t13-,14+/m0/s1. The van der Waals surface area contributed by atoms with E-state index in [1.165, 1.54) is 6.42 Å². The third-order valence-corrected chi connectivity index (χ3v) is 5.17. The smallest absolute Gasteiger partial charge is 0.258 e. The highest BCUT2D eigenvalue weighted by Gasteiger charge is 2.33. The number of benzene rings is 1. The molecule has 2 aromatic rings. The number of likely N-dealkylation sites (tertiary alicyclic amines) is 1. The van der Waals surface area contributed by atoms with Crippen molar-refractivity contribution in [3.05, 3.63) is 29.5 Å². The molecule has 2 aliphatic heterocycles. The number of carbonyl (C=O) groups excluding carboxylic acids is 1. The Hall–Kier alpha value is -2.01. The van der Waals surface area contributed by atoms with E-state index in [2.05, 4.69) is 5.32 Å². The van der Waals surface area contributed by atoms with Crippen molar-refractivity contribution in [2.45, 2.75) is 45.2 Å². The molecule has 24 heavy (non-hydrogen) atoms. The Balaban J connectivity index is 1.68. The van der Waals surface area contributed by atoms with Crippen LogP contribution in [0.4, 0.5) is 0 Å². The SMILES string of the molecule is CCOc1ccc2oc(C)c(C(=O)N3CC[C@@H]4CC[C@H](C3)N4)c2c1. The Morgan fingerprint density at radius 3 is 3.00 bits per heavy atom. The topological polar surface area (TPSA) is 54.7 Å². The number of fused-ring (bicyclic) bond motifs is 3. The summed E-state index contributed by atoms with van der Waals surface area (Å²) in [5, 5.41) is 4.48. The molecule has 5 heteroatoms. The highest BCUT2D eigenvalue weighted by Crippen LogP contribution is 2.31. The quantitative estimate of drug-likeness (QED) is 0.940. The summed E-state index contributed by atoms with van der Waals surface area (Å²) in [6, 6.07) is 6.69. The Kier molecular flexibility index (Phi) is 3.96. The Bertz CT molecular complexity index is 767. The Labute approximate surface area is 141 Å². The summed E-state index contributed by atoms with van der Waals surface area (Å²) in [5.74, 6) is 1.54. The fourth-order valence-electron chi connectivity index (χ4n) is 4.01. The predicted octanol–water partition coefficient (Wildman–Crippen LogP) is 3.11. The maximum Gasteiger partial charge on any atom is 0.258 e. The number of carbonyl (C=O) groups is 1. The molecule has 2 fully saturated rings. The fourth-order valence-corrected chi connectivity index (χ4v) is 4.01. The summed E-state index contributed by atoms with van der Waals surface area (Å²) < 4.78 is 11.4. The normalized spacial score (nSPS) is 23.5. The Morgan fingerprint density at radius 2 is 2.17 bits per heavy atom. The van der Waals surface area contributed by atoms with Gasteiger partial charge in [-0.05, 0) is 51.3 Å². The van der Waals surface area contributed by atoms with Gasteiger partial charge in [0.1, 0.15) is 17.1 Å². The third-order valence-electron chi connectivity index (χ3n) is 5.17. The van der Waals surface area contributed by atoms with Crippen LogP contribution >= 0.6 is 0 Å². The van der Waals surface area contributed by atoms with Gasteiger partial charge in [0.05, 0.1) is 12.2 Å². The van der Waals surface area contributed by atoms with E-state index >= 15 is 0 Å². The van der Waals surface area contributed by atoms with Crippen molar-refractivity contribution in [2.24, 2.45) is 0 Å². The minimum absolute atomic E-state index is 0.0780. The first kappa shape index (κ1) is 15.5. The molecule has 128 valence electrons. The molecule has 0 unspecified atom stereocenters. The molecule has 0 aliphatic carbocycles. The summed E-state index contributed by atoms with van der Waals surface area (Å²) in [4.78, 5) is 15.2. The minimum atomic E-state index is 0.0780. The van der Waals surface area contributed by atoms with E-state index in [0.29, 0.717) is 30.0 Å². The molecular formula is C19H24N2O3. The molecular weight excluding hydrogens is 304 g/mol. The van der Waals surface area contributed by atoms with Crippen LogP contribution in [-0.4, -0.2) is 42.6 Å². The molecule has 1 N–H and O–H groups in total. The average Bonchev–Trinajstić information content (AvgIpc) is 3.05. The van der Waals surface area contributed by atoms with E-state index in [1.54, 1.807) is 0 Å². The summed E-state index contributed by atoms with van der Waals surface area (Å²) in [6.45, 7) is 6.02. The van der Waals surface area contributed by atoms with Crippen molar-refractivity contribution < 1.29 is 13.9 Å². The average molecular weight is 328 g/mol. The molecule has 0 spiro atoms. The first-order valence-electron chi connectivity index (χ1n) is 8.87. The van der Waals surface area contributed by atoms with Gasteiger partial charge >= 0.3 is 0 Å². The van der Waals surface area contributed by atoms with E-state index in [-0.39, 0.29) is 5.91 Å². The zero-order valence-corrected chi connectivity index (χ0v) is 14.3. The molecule has 1 aromatic heterocycles. The van der Waals surface area contributed by atoms with Crippen LogP contribution in [-0.2, 0) is 0 Å². The number of nitrogens with one attached hydrogen (secondary N) is 1. The van der Waals surface area contributed by atoms with Gasteiger partial charge in [0, 0.05) is 30.6 Å². The summed E-state index contributed by atoms with van der Waals surface area (Å²) in [5.41, 5.74) is 1.43. The lowest BCUT2D eigenvalue weighted by Gasteiger charge is -2.24. The summed E-state index contributed by atoms with van der Waals surface area (Å²) >= 11 is 0. The molecule has 0 radical (unpaired) electrons. The predicted molar refractivity (Wildman–Crippen MR) is 92.6 cm³/mol. The molecule has 1 amide bonds. The number of hydrogen-bond donors (Lipinski definition) is 1. The fraction of sp³-hybridized carbons (Fsp3) is 0.526. The molecule has 3 heterocycles. The first-order chi connectivity index (χ1) is 11.7. The number of furan rings is 1. The molecule has 2 bridgehead atoms. The third kappa shape index (κ3) is 2.67. The van der Waals surface area contributed by atoms with E-state index in [4.69, 9.17) is 9.15 Å². The van der Waals surface area contributed by atoms with Gasteiger partial charge in [-0.2, -0.15) is 0 Å². The largest absolute Gasteiger partial charge is 0.494 e. The van der Waals surface area contributed by atoms with Gasteiger partial charge < -0.3 is 19.4 Å². The molecule has 2 saturated heterocycles. The van der Waals surface area contributed by atoms with Crippen molar-refractivity contribution >= 4 is 16.9 Å². The maximum absolute atomic E-state index is 13.2. The number of ether oxygens (including phenoxy) is 1. The van der Waals surface area contributed by atoms with Crippen LogP contribution in [0.3, 0.4) is 0 Å². The van der Waals surface area contributed by atoms with E-state index in [9.17, 15) is 4.79 Å². The lowest BCUT2D eigenvalue weighted by atomic mass is 10.1. The number of amides is 1. The second-order valence-electron chi connectivity index (χ2n) is 6.80. The molecule has 2 atom stereocenters. The van der Waals surface area contributed by atoms with Gasteiger partial charge in [-0.15, -0.1) is 0 Å². The van der Waals surface area contributed by atoms with Crippen LogP contribution in [0.15, 0.2) is 22.6 Å². The molecule has 1 aromatic carbocycles. The van der Waals surface area contributed by atoms with Gasteiger partial charge in [-0.1, -0.05) is 0 Å². The molecule has 5 nitrogen and oxygen atoms in total. The summed E-state index contributed by atoms with van der Waals surface area (Å²) in [7, 11) is 0. The lowest BCUT2D eigenvalue weighted by Crippen LogP contribution is -2.39. The number of rotatable bonds is 3. The van der Waals surface area contributed by atoms with Crippen molar-refractivity contribution in [2.75, 3.05) is 19.7 Å². The van der Waals surface area contributed by atoms with Crippen LogP contribution < -0.4 is 10.1 Å². The van der Waals surface area contributed by atoms with E-state index < -0.39 is 0 Å². The Morgan fingerprint density at radius 1 is 1.33 bits per heavy atom. The van der Waals surface area contributed by atoms with Crippen LogP contribution in [0.1, 0.15) is 42.3 Å². The zero-order valence-electron chi connectivity index (χ0n) is 14.3. The highest BCUT2D eigenvalue weighted by molar-refractivity contribution is 6.07. The van der Waals surface area contributed by atoms with Crippen molar-refractivity contribution in [1.82, 2.24) is 10.2 Å². The van der Waals surface area contributed by atoms with Gasteiger partial charge in [-0.3, -0.25) is 4.79 Å². The van der Waals surface area contributed by atoms with Crippen LogP contribution in [0.25, 0.3) is 11.0 Å². The number of aryl methyl sites for hydroxylation is 1. The molecule has 0 saturated carbocycles. The van der Waals surface area contributed by atoms with Gasteiger partial charge in [0.15, 0.2) is 0 Å². The molecule has 2 aliphatic rings. The van der Waals surface area contributed by atoms with E-state index in [1.807, 2.05) is 36.9 Å². The lowest BCUT2D eigenvalue weighted by molar-refractivity contribution is 0.0748. The first-order valence-corrected chi connectivity index (χ1v) is 8.87. The molecule has 4 rings (SSSR count). The van der Waals surface area contributed by atoms with Crippen LogP contribution in [0.5, 0.6) is 5.75 Å². The maximum atomic E-state index is 13.2. The second-order valence-corrected chi connectivity index (χ2v) is 6.80. The van der Waals surface area contributed by atoms with Crippen molar-refractivity contribution in [1.29, 1.82) is 0 Å². The summed E-state index contributed by atoms with van der Waals surface area (Å²) in [6.07, 6.45) is 3.42. The van der Waals surface area contributed by atoms with Crippen molar-refractivity contribution in [3.8, 4) is 5.75 Å². The van der Waals surface area contributed by atoms with Crippen LogP contribution in [0, 0.1) is 6.92 Å². The monoisotopic (exact) mass is 328 g/mol. The zero-order chi connectivity index (χ0) is 16.7. The number of nitrogens with zero attached hydrogens (tertiary/aromatic N) is 1. The number of hydrogen-bond acceptors (Lipinski definition) is 4. The van der Waals surface area contributed by atoms with Crippen molar-refractivity contribution in [3.63, 3.8) is 0 Å².